The highest BCUT2D eigenvalue weighted by atomic mass is 35.5. The van der Waals surface area contributed by atoms with Crippen LogP contribution in [-0.2, 0) is 6.54 Å². The van der Waals surface area contributed by atoms with E-state index in [1.807, 2.05) is 29.1 Å². The molecule has 0 aliphatic carbocycles. The van der Waals surface area contributed by atoms with Gasteiger partial charge >= 0.3 is 0 Å². The minimum absolute atomic E-state index is 0.237. The van der Waals surface area contributed by atoms with Crippen LogP contribution in [0.15, 0.2) is 65.7 Å². The minimum atomic E-state index is -0.456. The van der Waals surface area contributed by atoms with E-state index in [2.05, 4.69) is 17.3 Å². The first-order valence-electron chi connectivity index (χ1n) is 10.4. The Bertz CT molecular complexity index is 1260. The van der Waals surface area contributed by atoms with E-state index < -0.39 is 5.82 Å². The first-order valence-corrected chi connectivity index (χ1v) is 10.8. The van der Waals surface area contributed by atoms with E-state index in [1.165, 1.54) is 25.0 Å². The molecule has 2 aromatic carbocycles. The van der Waals surface area contributed by atoms with Crippen molar-refractivity contribution in [3.8, 4) is 16.8 Å². The number of nitrogens with zero attached hydrogens (tertiary/aromatic N) is 3. The van der Waals surface area contributed by atoms with Crippen molar-refractivity contribution in [2.45, 2.75) is 26.3 Å². The highest BCUT2D eigenvalue weighted by Gasteiger charge is 2.10. The molecule has 0 aliphatic rings. The van der Waals surface area contributed by atoms with E-state index in [-0.39, 0.29) is 5.56 Å². The maximum Gasteiger partial charge on any atom is 0.255 e. The lowest BCUT2D eigenvalue weighted by molar-refractivity contribution is 0.556. The van der Waals surface area contributed by atoms with Gasteiger partial charge in [0.05, 0.1) is 18.3 Å². The van der Waals surface area contributed by atoms with Gasteiger partial charge in [-0.1, -0.05) is 24.9 Å². The number of hydrogen-bond acceptors (Lipinski definition) is 3. The molecule has 0 saturated heterocycles. The molecule has 4 aromatic rings. The van der Waals surface area contributed by atoms with Crippen LogP contribution in [0.2, 0.25) is 5.02 Å². The van der Waals surface area contributed by atoms with Gasteiger partial charge in [0.2, 0.25) is 0 Å². The third-order valence-corrected chi connectivity index (χ3v) is 5.51. The third kappa shape index (κ3) is 4.70. The molecule has 2 aromatic heterocycles. The maximum absolute atomic E-state index is 14.2. The molecule has 0 radical (unpaired) electrons. The molecule has 0 amide bonds. The molecular formula is C24H24ClFN4O. The molecule has 7 heteroatoms. The second-order valence-electron chi connectivity index (χ2n) is 7.46. The number of nitrogens with one attached hydrogen (secondary N) is 1. The van der Waals surface area contributed by atoms with Gasteiger partial charge in [-0.3, -0.25) is 14.0 Å². The van der Waals surface area contributed by atoms with Gasteiger partial charge in [-0.15, -0.1) is 0 Å². The lowest BCUT2D eigenvalue weighted by atomic mass is 10.1. The predicted octanol–water partition coefficient (Wildman–Crippen LogP) is 5.04. The van der Waals surface area contributed by atoms with Crippen molar-refractivity contribution < 1.29 is 4.39 Å². The van der Waals surface area contributed by atoms with Gasteiger partial charge in [0, 0.05) is 40.5 Å². The molecular weight excluding hydrogens is 415 g/mol. The summed E-state index contributed by atoms with van der Waals surface area (Å²) in [6, 6.07) is 13.4. The fourth-order valence-electron chi connectivity index (χ4n) is 3.60. The number of unbranched alkanes of at least 4 members (excludes halogenated alkanes) is 1. The van der Waals surface area contributed by atoms with Crippen LogP contribution in [0.3, 0.4) is 0 Å². The normalized spacial score (nSPS) is 11.3. The lowest BCUT2D eigenvalue weighted by Crippen LogP contribution is -2.21. The van der Waals surface area contributed by atoms with Crippen LogP contribution in [-0.4, -0.2) is 27.4 Å². The highest BCUT2D eigenvalue weighted by molar-refractivity contribution is 6.30. The predicted molar refractivity (Wildman–Crippen MR) is 124 cm³/mol. The van der Waals surface area contributed by atoms with E-state index in [0.717, 1.165) is 36.2 Å². The fraction of sp³-hybridized carbons (Fsp3) is 0.250. The number of benzene rings is 2. The molecule has 0 atom stereocenters. The quantitative estimate of drug-likeness (QED) is 0.392. The summed E-state index contributed by atoms with van der Waals surface area (Å²) in [5.74, 6) is -0.456. The van der Waals surface area contributed by atoms with Crippen LogP contribution in [0.25, 0.3) is 27.7 Å². The molecule has 160 valence electrons. The summed E-state index contributed by atoms with van der Waals surface area (Å²) in [7, 11) is 0. The average molecular weight is 439 g/mol. The Labute approximate surface area is 185 Å². The Hall–Kier alpha value is -2.96. The van der Waals surface area contributed by atoms with Crippen molar-refractivity contribution in [2.24, 2.45) is 0 Å². The van der Waals surface area contributed by atoms with Crippen LogP contribution in [0.5, 0.6) is 0 Å². The molecule has 0 spiro atoms. The van der Waals surface area contributed by atoms with E-state index >= 15 is 0 Å². The van der Waals surface area contributed by atoms with Crippen LogP contribution in [0.4, 0.5) is 4.39 Å². The van der Waals surface area contributed by atoms with Gasteiger partial charge in [0.1, 0.15) is 5.82 Å². The average Bonchev–Trinajstić information content (AvgIpc) is 3.16. The zero-order valence-corrected chi connectivity index (χ0v) is 18.1. The molecule has 0 bridgehead atoms. The molecule has 4 rings (SSSR count). The Balaban J connectivity index is 1.56. The smallest absolute Gasteiger partial charge is 0.255 e. The second-order valence-corrected chi connectivity index (χ2v) is 7.90. The van der Waals surface area contributed by atoms with Gasteiger partial charge in [-0.25, -0.2) is 4.39 Å². The fourth-order valence-corrected chi connectivity index (χ4v) is 3.76. The number of hydrogen-bond donors (Lipinski definition) is 1. The zero-order chi connectivity index (χ0) is 21.8. The van der Waals surface area contributed by atoms with Crippen molar-refractivity contribution in [1.29, 1.82) is 0 Å². The number of rotatable bonds is 8. The van der Waals surface area contributed by atoms with E-state index in [0.29, 0.717) is 16.1 Å². The Morgan fingerprint density at radius 3 is 2.74 bits per heavy atom. The van der Waals surface area contributed by atoms with Crippen molar-refractivity contribution in [3.05, 3.63) is 82.1 Å². The second kappa shape index (κ2) is 9.45. The van der Waals surface area contributed by atoms with Crippen LogP contribution in [0.1, 0.15) is 19.8 Å². The van der Waals surface area contributed by atoms with Crippen LogP contribution >= 0.6 is 11.6 Å². The lowest BCUT2D eigenvalue weighted by Gasteiger charge is -2.09. The number of halogens is 2. The Kier molecular flexibility index (Phi) is 6.49. The van der Waals surface area contributed by atoms with Gasteiger partial charge in [-0.05, 0) is 61.0 Å². The first-order chi connectivity index (χ1) is 15.1. The monoisotopic (exact) mass is 438 g/mol. The standard InChI is InChI=1S/C24H24ClFN4O/c1-2-3-9-27-10-12-30-23-7-5-20(13-18(23)16-28-30)29-11-8-17(14-24(29)31)21-6-4-19(25)15-22(21)26/h4-8,11,13-16,27H,2-3,9-10,12H2,1H3. The summed E-state index contributed by atoms with van der Waals surface area (Å²) in [5.41, 5.74) is 2.38. The Morgan fingerprint density at radius 1 is 1.10 bits per heavy atom. The van der Waals surface area contributed by atoms with Crippen LogP contribution in [0, 0.1) is 5.82 Å². The van der Waals surface area contributed by atoms with Crippen molar-refractivity contribution in [1.82, 2.24) is 19.7 Å². The molecule has 0 saturated carbocycles. The van der Waals surface area contributed by atoms with E-state index in [1.54, 1.807) is 29.0 Å². The largest absolute Gasteiger partial charge is 0.315 e. The van der Waals surface area contributed by atoms with Gasteiger partial charge in [0.25, 0.3) is 5.56 Å². The van der Waals surface area contributed by atoms with Gasteiger partial charge < -0.3 is 5.32 Å². The van der Waals surface area contributed by atoms with Crippen molar-refractivity contribution in [2.75, 3.05) is 13.1 Å². The molecule has 5 nitrogen and oxygen atoms in total. The van der Waals surface area contributed by atoms with Crippen molar-refractivity contribution in [3.63, 3.8) is 0 Å². The van der Waals surface area contributed by atoms with Crippen molar-refractivity contribution >= 4 is 22.5 Å². The summed E-state index contributed by atoms with van der Waals surface area (Å²) >= 11 is 5.82. The highest BCUT2D eigenvalue weighted by Crippen LogP contribution is 2.25. The number of pyridine rings is 1. The first kappa shape index (κ1) is 21.3. The molecule has 0 unspecified atom stereocenters. The molecule has 0 fully saturated rings. The van der Waals surface area contributed by atoms with E-state index in [9.17, 15) is 9.18 Å². The maximum atomic E-state index is 14.2. The summed E-state index contributed by atoms with van der Waals surface area (Å²) in [6.45, 7) is 4.84. The summed E-state index contributed by atoms with van der Waals surface area (Å²) < 4.78 is 17.7. The molecule has 1 N–H and O–H groups in total. The minimum Gasteiger partial charge on any atom is -0.315 e. The zero-order valence-electron chi connectivity index (χ0n) is 17.3. The molecule has 2 heterocycles. The van der Waals surface area contributed by atoms with Crippen LogP contribution < -0.4 is 10.9 Å². The SMILES string of the molecule is CCCCNCCn1ncc2cc(-n3ccc(-c4ccc(Cl)cc4F)cc3=O)ccc21. The summed E-state index contributed by atoms with van der Waals surface area (Å²) in [6.07, 6.45) is 5.82. The summed E-state index contributed by atoms with van der Waals surface area (Å²) in [5, 5.41) is 9.18. The number of aromatic nitrogens is 3. The van der Waals surface area contributed by atoms with Gasteiger partial charge in [-0.2, -0.15) is 5.10 Å². The Morgan fingerprint density at radius 2 is 1.97 bits per heavy atom. The summed E-state index contributed by atoms with van der Waals surface area (Å²) in [4.78, 5) is 12.7. The van der Waals surface area contributed by atoms with E-state index in [4.69, 9.17) is 11.6 Å². The number of fused-ring (bicyclic) bond motifs is 1. The topological polar surface area (TPSA) is 51.9 Å². The third-order valence-electron chi connectivity index (χ3n) is 5.27. The molecule has 0 aliphatic heterocycles. The van der Waals surface area contributed by atoms with Gasteiger partial charge in [0.15, 0.2) is 0 Å². The molecule has 31 heavy (non-hydrogen) atoms.